The molecule has 18 heavy (non-hydrogen) atoms. The summed E-state index contributed by atoms with van der Waals surface area (Å²) in [5.41, 5.74) is 1.66. The summed E-state index contributed by atoms with van der Waals surface area (Å²) in [7, 11) is 0. The van der Waals surface area contributed by atoms with Crippen molar-refractivity contribution in [3.05, 3.63) is 35.4 Å². The third-order valence-electron chi connectivity index (χ3n) is 2.43. The normalized spacial score (nSPS) is 10.9. The molecule has 0 aliphatic rings. The molecule has 0 saturated heterocycles. The summed E-state index contributed by atoms with van der Waals surface area (Å²) >= 11 is 0. The van der Waals surface area contributed by atoms with Gasteiger partial charge in [-0.05, 0) is 16.5 Å². The van der Waals surface area contributed by atoms with E-state index in [0.717, 1.165) is 11.1 Å². The van der Waals surface area contributed by atoms with Crippen LogP contribution in [0.3, 0.4) is 0 Å². The molecule has 0 aliphatic heterocycles. The molecule has 0 heterocycles. The minimum absolute atomic E-state index is 0.0530. The van der Waals surface area contributed by atoms with Crippen LogP contribution in [0.5, 0.6) is 0 Å². The first kappa shape index (κ1) is 14.2. The molecule has 0 atom stereocenters. The lowest BCUT2D eigenvalue weighted by Gasteiger charge is -2.22. The standard InChI is InChI=1S/C13H16O5/c1-13(2,3)10-7-5-4-6-9(10)8-11(14)17-12(15)18-16/h4-7,16H,8H2,1-3H3. The van der Waals surface area contributed by atoms with Crippen molar-refractivity contribution in [1.29, 1.82) is 0 Å². The Hall–Kier alpha value is -1.88. The van der Waals surface area contributed by atoms with Gasteiger partial charge in [-0.2, -0.15) is 5.26 Å². The van der Waals surface area contributed by atoms with Crippen molar-refractivity contribution in [1.82, 2.24) is 0 Å². The summed E-state index contributed by atoms with van der Waals surface area (Å²) < 4.78 is 4.22. The van der Waals surface area contributed by atoms with E-state index in [2.05, 4.69) is 9.62 Å². The first-order valence-electron chi connectivity index (χ1n) is 5.49. The zero-order chi connectivity index (χ0) is 13.8. The third-order valence-corrected chi connectivity index (χ3v) is 2.43. The molecular formula is C13H16O5. The second-order valence-electron chi connectivity index (χ2n) is 4.90. The number of ether oxygens (including phenoxy) is 1. The minimum Gasteiger partial charge on any atom is -0.358 e. The van der Waals surface area contributed by atoms with Crippen molar-refractivity contribution in [2.45, 2.75) is 32.6 Å². The van der Waals surface area contributed by atoms with E-state index in [9.17, 15) is 9.59 Å². The van der Waals surface area contributed by atoms with Crippen molar-refractivity contribution < 1.29 is 24.5 Å². The van der Waals surface area contributed by atoms with Crippen molar-refractivity contribution in [2.24, 2.45) is 0 Å². The van der Waals surface area contributed by atoms with Gasteiger partial charge in [0.15, 0.2) is 0 Å². The summed E-state index contributed by atoms with van der Waals surface area (Å²) in [4.78, 5) is 25.3. The average molecular weight is 252 g/mol. The predicted molar refractivity (Wildman–Crippen MR) is 64.0 cm³/mol. The maximum Gasteiger partial charge on any atom is 0.548 e. The van der Waals surface area contributed by atoms with Crippen LogP contribution in [-0.4, -0.2) is 17.4 Å². The van der Waals surface area contributed by atoms with Crippen molar-refractivity contribution in [2.75, 3.05) is 0 Å². The molecule has 1 aromatic carbocycles. The molecule has 5 nitrogen and oxygen atoms in total. The highest BCUT2D eigenvalue weighted by molar-refractivity contribution is 5.83. The fraction of sp³-hybridized carbons (Fsp3) is 0.385. The van der Waals surface area contributed by atoms with Crippen LogP contribution in [0.25, 0.3) is 0 Å². The van der Waals surface area contributed by atoms with Gasteiger partial charge >= 0.3 is 12.1 Å². The van der Waals surface area contributed by atoms with Gasteiger partial charge < -0.3 is 4.74 Å². The SMILES string of the molecule is CC(C)(C)c1ccccc1CC(=O)OC(=O)OO. The third kappa shape index (κ3) is 3.85. The monoisotopic (exact) mass is 252 g/mol. The van der Waals surface area contributed by atoms with Crippen LogP contribution in [0.2, 0.25) is 0 Å². The van der Waals surface area contributed by atoms with E-state index in [1.807, 2.05) is 39.0 Å². The van der Waals surface area contributed by atoms with Gasteiger partial charge in [0, 0.05) is 0 Å². The first-order valence-corrected chi connectivity index (χ1v) is 5.49. The Morgan fingerprint density at radius 2 is 1.83 bits per heavy atom. The highest BCUT2D eigenvalue weighted by atomic mass is 17.1. The van der Waals surface area contributed by atoms with Crippen LogP contribution in [0.4, 0.5) is 4.79 Å². The maximum atomic E-state index is 11.4. The predicted octanol–water partition coefficient (Wildman–Crippen LogP) is 2.68. The van der Waals surface area contributed by atoms with Gasteiger partial charge in [-0.1, -0.05) is 45.0 Å². The molecule has 1 aromatic rings. The van der Waals surface area contributed by atoms with Gasteiger partial charge in [-0.25, -0.2) is 4.79 Å². The average Bonchev–Trinajstić information content (AvgIpc) is 2.27. The Bertz CT molecular complexity index is 445. The Balaban J connectivity index is 2.85. The molecule has 0 aromatic heterocycles. The summed E-state index contributed by atoms with van der Waals surface area (Å²) in [6, 6.07) is 7.42. The fourth-order valence-corrected chi connectivity index (χ4v) is 1.71. The zero-order valence-corrected chi connectivity index (χ0v) is 10.6. The van der Waals surface area contributed by atoms with Crippen LogP contribution in [0, 0.1) is 0 Å². The summed E-state index contributed by atoms with van der Waals surface area (Å²) in [5.74, 6) is -0.772. The zero-order valence-electron chi connectivity index (χ0n) is 10.6. The van der Waals surface area contributed by atoms with Crippen molar-refractivity contribution in [3.8, 4) is 0 Å². The Labute approximate surface area is 105 Å². The number of esters is 1. The molecule has 0 aliphatic carbocycles. The Morgan fingerprint density at radius 3 is 2.39 bits per heavy atom. The van der Waals surface area contributed by atoms with Crippen LogP contribution in [0.1, 0.15) is 31.9 Å². The number of benzene rings is 1. The lowest BCUT2D eigenvalue weighted by molar-refractivity contribution is -0.202. The van der Waals surface area contributed by atoms with Crippen LogP contribution >= 0.6 is 0 Å². The van der Waals surface area contributed by atoms with E-state index >= 15 is 0 Å². The molecular weight excluding hydrogens is 236 g/mol. The van der Waals surface area contributed by atoms with E-state index < -0.39 is 12.1 Å². The van der Waals surface area contributed by atoms with Crippen molar-refractivity contribution >= 4 is 12.1 Å². The molecule has 1 rings (SSSR count). The summed E-state index contributed by atoms with van der Waals surface area (Å²) in [5, 5.41) is 8.01. The van der Waals surface area contributed by atoms with E-state index in [0.29, 0.717) is 0 Å². The van der Waals surface area contributed by atoms with Crippen LogP contribution < -0.4 is 0 Å². The lowest BCUT2D eigenvalue weighted by Crippen LogP contribution is -2.19. The molecule has 5 heteroatoms. The highest BCUT2D eigenvalue weighted by Crippen LogP contribution is 2.26. The number of hydrogen-bond donors (Lipinski definition) is 1. The van der Waals surface area contributed by atoms with Gasteiger partial charge in [0.25, 0.3) is 0 Å². The molecule has 0 unspecified atom stereocenters. The molecule has 0 bridgehead atoms. The molecule has 0 spiro atoms. The highest BCUT2D eigenvalue weighted by Gasteiger charge is 2.20. The van der Waals surface area contributed by atoms with Gasteiger partial charge in [0.2, 0.25) is 0 Å². The fourth-order valence-electron chi connectivity index (χ4n) is 1.71. The van der Waals surface area contributed by atoms with Gasteiger partial charge in [0.05, 0.1) is 6.42 Å². The molecule has 0 radical (unpaired) electrons. The van der Waals surface area contributed by atoms with E-state index in [1.165, 1.54) is 0 Å². The van der Waals surface area contributed by atoms with Crippen LogP contribution in [-0.2, 0) is 26.3 Å². The summed E-state index contributed by atoms with van der Waals surface area (Å²) in [6.07, 6.45) is -1.48. The number of hydrogen-bond acceptors (Lipinski definition) is 5. The number of carbonyl (C=O) groups excluding carboxylic acids is 2. The first-order chi connectivity index (χ1) is 8.34. The lowest BCUT2D eigenvalue weighted by atomic mass is 9.83. The number of carbonyl (C=O) groups is 2. The minimum atomic E-state index is -1.42. The molecule has 0 fully saturated rings. The topological polar surface area (TPSA) is 72.8 Å². The smallest absolute Gasteiger partial charge is 0.358 e. The quantitative estimate of drug-likeness (QED) is 0.379. The molecule has 0 saturated carbocycles. The second kappa shape index (κ2) is 5.64. The van der Waals surface area contributed by atoms with Crippen molar-refractivity contribution in [3.63, 3.8) is 0 Å². The molecule has 1 N–H and O–H groups in total. The van der Waals surface area contributed by atoms with Gasteiger partial charge in [-0.15, -0.1) is 0 Å². The van der Waals surface area contributed by atoms with E-state index in [-0.39, 0.29) is 11.8 Å². The van der Waals surface area contributed by atoms with Gasteiger partial charge in [-0.3, -0.25) is 9.68 Å². The second-order valence-corrected chi connectivity index (χ2v) is 4.90. The maximum absolute atomic E-state index is 11.4. The van der Waals surface area contributed by atoms with Crippen LogP contribution in [0.15, 0.2) is 24.3 Å². The Kier molecular flexibility index (Phi) is 4.44. The molecule has 98 valence electrons. The van der Waals surface area contributed by atoms with E-state index in [4.69, 9.17) is 5.26 Å². The van der Waals surface area contributed by atoms with E-state index in [1.54, 1.807) is 6.07 Å². The number of rotatable bonds is 2. The molecule has 0 amide bonds. The Morgan fingerprint density at radius 1 is 1.22 bits per heavy atom. The largest absolute Gasteiger partial charge is 0.548 e. The van der Waals surface area contributed by atoms with Gasteiger partial charge in [0.1, 0.15) is 0 Å². The summed E-state index contributed by atoms with van der Waals surface area (Å²) in [6.45, 7) is 6.08.